The molecule has 1 aliphatic heterocycles. The predicted molar refractivity (Wildman–Crippen MR) is 129 cm³/mol. The van der Waals surface area contributed by atoms with E-state index in [1.807, 2.05) is 84.0 Å². The van der Waals surface area contributed by atoms with Gasteiger partial charge in [0.2, 0.25) is 11.9 Å². The number of fused-ring (bicyclic) bond motifs is 1. The Morgan fingerprint density at radius 1 is 1.09 bits per heavy atom. The van der Waals surface area contributed by atoms with Crippen LogP contribution in [-0.4, -0.2) is 50.8 Å². The van der Waals surface area contributed by atoms with Gasteiger partial charge in [-0.25, -0.2) is 15.0 Å². The lowest BCUT2D eigenvalue weighted by Crippen LogP contribution is -2.33. The molecule has 1 amide bonds. The highest BCUT2D eigenvalue weighted by molar-refractivity contribution is 5.80. The van der Waals surface area contributed by atoms with Gasteiger partial charge in [-0.1, -0.05) is 36.4 Å². The minimum absolute atomic E-state index is 0.0751. The first-order valence-corrected chi connectivity index (χ1v) is 11.3. The second-order valence-corrected chi connectivity index (χ2v) is 8.72. The molecule has 1 aromatic carbocycles. The number of carbonyl (C=O) groups excluding carboxylic acids is 1. The fraction of sp³-hybridized carbons (Fsp3) is 0.308. The summed E-state index contributed by atoms with van der Waals surface area (Å²) in [7, 11) is 3.87. The molecule has 0 saturated carbocycles. The Morgan fingerprint density at radius 2 is 1.88 bits per heavy atom. The van der Waals surface area contributed by atoms with E-state index in [-0.39, 0.29) is 11.9 Å². The van der Waals surface area contributed by atoms with Crippen LogP contribution in [0.25, 0.3) is 16.8 Å². The number of anilines is 1. The lowest BCUT2D eigenvalue weighted by Gasteiger charge is -2.27. The van der Waals surface area contributed by atoms with Crippen molar-refractivity contribution in [3.63, 3.8) is 0 Å². The molecule has 1 atom stereocenters. The van der Waals surface area contributed by atoms with Crippen molar-refractivity contribution in [1.82, 2.24) is 24.3 Å². The minimum Gasteiger partial charge on any atom is -0.347 e. The fourth-order valence-corrected chi connectivity index (χ4v) is 4.67. The Hall–Kier alpha value is -3.74. The monoisotopic (exact) mass is 440 g/mol. The van der Waals surface area contributed by atoms with Crippen molar-refractivity contribution in [1.29, 1.82) is 0 Å². The Kier molecular flexibility index (Phi) is 5.54. The van der Waals surface area contributed by atoms with Crippen molar-refractivity contribution in [3.8, 4) is 11.1 Å². The zero-order valence-corrected chi connectivity index (χ0v) is 19.3. The van der Waals surface area contributed by atoms with Crippen LogP contribution in [0, 0.1) is 6.92 Å². The van der Waals surface area contributed by atoms with Gasteiger partial charge < -0.3 is 14.2 Å². The summed E-state index contributed by atoms with van der Waals surface area (Å²) in [6.45, 7) is 2.70. The van der Waals surface area contributed by atoms with E-state index in [2.05, 4.69) is 22.1 Å². The molecule has 4 aromatic rings. The van der Waals surface area contributed by atoms with E-state index < -0.39 is 0 Å². The number of imidazole rings is 1. The molecule has 0 aliphatic carbocycles. The van der Waals surface area contributed by atoms with Gasteiger partial charge in [0.05, 0.1) is 29.5 Å². The smallest absolute Gasteiger partial charge is 0.229 e. The quantitative estimate of drug-likeness (QED) is 0.468. The molecular weight excluding hydrogens is 412 g/mol. The van der Waals surface area contributed by atoms with Crippen LogP contribution in [0.2, 0.25) is 0 Å². The summed E-state index contributed by atoms with van der Waals surface area (Å²) < 4.78 is 2.02. The SMILES string of the molecule is Cc1nc2ccccn2c1CC(=O)N1CCC[C@H]1c1nc(N(C)C)ncc1-c1ccccc1. The number of carbonyl (C=O) groups is 1. The van der Waals surface area contributed by atoms with E-state index in [1.54, 1.807) is 0 Å². The highest BCUT2D eigenvalue weighted by atomic mass is 16.2. The van der Waals surface area contributed by atoms with Gasteiger partial charge in [0.15, 0.2) is 0 Å². The van der Waals surface area contributed by atoms with E-state index >= 15 is 0 Å². The third-order valence-corrected chi connectivity index (χ3v) is 6.33. The minimum atomic E-state index is -0.0751. The van der Waals surface area contributed by atoms with Gasteiger partial charge in [0, 0.05) is 38.6 Å². The maximum absolute atomic E-state index is 13.6. The summed E-state index contributed by atoms with van der Waals surface area (Å²) in [4.78, 5) is 31.6. The van der Waals surface area contributed by atoms with Crippen LogP contribution in [0.5, 0.6) is 0 Å². The highest BCUT2D eigenvalue weighted by Gasteiger charge is 2.34. The van der Waals surface area contributed by atoms with Crippen molar-refractivity contribution in [2.45, 2.75) is 32.2 Å². The average molecular weight is 441 g/mol. The van der Waals surface area contributed by atoms with Gasteiger partial charge >= 0.3 is 0 Å². The molecule has 33 heavy (non-hydrogen) atoms. The maximum atomic E-state index is 13.6. The van der Waals surface area contributed by atoms with Gasteiger partial charge in [0.25, 0.3) is 0 Å². The summed E-state index contributed by atoms with van der Waals surface area (Å²) in [5.74, 6) is 0.761. The van der Waals surface area contributed by atoms with Crippen LogP contribution in [0.4, 0.5) is 5.95 Å². The fourth-order valence-electron chi connectivity index (χ4n) is 4.67. The molecule has 4 heterocycles. The number of hydrogen-bond donors (Lipinski definition) is 0. The van der Waals surface area contributed by atoms with Crippen molar-refractivity contribution in [3.05, 3.63) is 78.0 Å². The molecule has 0 bridgehead atoms. The summed E-state index contributed by atoms with van der Waals surface area (Å²) in [6, 6.07) is 16.0. The van der Waals surface area contributed by atoms with Crippen LogP contribution >= 0.6 is 0 Å². The van der Waals surface area contributed by atoms with E-state index in [0.29, 0.717) is 12.4 Å². The van der Waals surface area contributed by atoms with Gasteiger partial charge in [-0.3, -0.25) is 4.79 Å². The second-order valence-electron chi connectivity index (χ2n) is 8.72. The average Bonchev–Trinajstić information content (AvgIpc) is 3.44. The molecule has 5 rings (SSSR count). The number of hydrogen-bond acceptors (Lipinski definition) is 5. The Labute approximate surface area is 193 Å². The Bertz CT molecular complexity index is 1300. The van der Waals surface area contributed by atoms with Gasteiger partial charge in [-0.2, -0.15) is 0 Å². The molecule has 7 heteroatoms. The third-order valence-electron chi connectivity index (χ3n) is 6.33. The first-order valence-electron chi connectivity index (χ1n) is 11.3. The molecule has 3 aromatic heterocycles. The van der Waals surface area contributed by atoms with Gasteiger partial charge in [-0.15, -0.1) is 0 Å². The zero-order valence-electron chi connectivity index (χ0n) is 19.3. The molecule has 0 radical (unpaired) electrons. The molecule has 7 nitrogen and oxygen atoms in total. The number of aryl methyl sites for hydroxylation is 1. The number of benzene rings is 1. The Balaban J connectivity index is 1.51. The lowest BCUT2D eigenvalue weighted by molar-refractivity contribution is -0.131. The second kappa shape index (κ2) is 8.65. The van der Waals surface area contributed by atoms with Crippen LogP contribution in [-0.2, 0) is 11.2 Å². The predicted octanol–water partition coefficient (Wildman–Crippen LogP) is 4.07. The third kappa shape index (κ3) is 3.95. The summed E-state index contributed by atoms with van der Waals surface area (Å²) in [6.07, 6.45) is 6.03. The van der Waals surface area contributed by atoms with Crippen LogP contribution in [0.15, 0.2) is 60.9 Å². The summed E-state index contributed by atoms with van der Waals surface area (Å²) in [5.41, 5.74) is 5.68. The maximum Gasteiger partial charge on any atom is 0.229 e. The van der Waals surface area contributed by atoms with E-state index in [0.717, 1.165) is 53.2 Å². The zero-order chi connectivity index (χ0) is 22.9. The van der Waals surface area contributed by atoms with Gasteiger partial charge in [0.1, 0.15) is 5.65 Å². The number of nitrogens with zero attached hydrogens (tertiary/aromatic N) is 6. The van der Waals surface area contributed by atoms with Crippen molar-refractivity contribution in [2.24, 2.45) is 0 Å². The lowest BCUT2D eigenvalue weighted by atomic mass is 9.99. The van der Waals surface area contributed by atoms with Crippen molar-refractivity contribution >= 4 is 17.5 Å². The molecular formula is C26H28N6O. The van der Waals surface area contributed by atoms with E-state index in [9.17, 15) is 4.79 Å². The van der Waals surface area contributed by atoms with Gasteiger partial charge in [-0.05, 0) is 37.5 Å². The molecule has 0 spiro atoms. The topological polar surface area (TPSA) is 66.6 Å². The standard InChI is InChI=1S/C26H28N6O/c1-18-22(31-14-8-7-13-23(31)28-18)16-24(33)32-15-9-12-21(32)25-20(19-10-5-4-6-11-19)17-27-26(29-25)30(2)3/h4-8,10-11,13-14,17,21H,9,12,15-16H2,1-3H3/t21-/m0/s1. The highest BCUT2D eigenvalue weighted by Crippen LogP contribution is 2.37. The largest absolute Gasteiger partial charge is 0.347 e. The van der Waals surface area contributed by atoms with E-state index in [1.165, 1.54) is 0 Å². The van der Waals surface area contributed by atoms with Crippen LogP contribution in [0.1, 0.15) is 36.0 Å². The number of amides is 1. The molecule has 168 valence electrons. The number of likely N-dealkylation sites (tertiary alicyclic amines) is 1. The number of aromatic nitrogens is 4. The first-order chi connectivity index (χ1) is 16.0. The molecule has 1 fully saturated rings. The number of pyridine rings is 1. The first kappa shape index (κ1) is 21.1. The summed E-state index contributed by atoms with van der Waals surface area (Å²) >= 11 is 0. The normalized spacial score (nSPS) is 15.8. The van der Waals surface area contributed by atoms with Crippen LogP contribution < -0.4 is 4.90 Å². The van der Waals surface area contributed by atoms with Crippen molar-refractivity contribution < 1.29 is 4.79 Å². The molecule has 0 unspecified atom stereocenters. The number of rotatable bonds is 5. The van der Waals surface area contributed by atoms with Crippen LogP contribution in [0.3, 0.4) is 0 Å². The van der Waals surface area contributed by atoms with E-state index in [4.69, 9.17) is 4.98 Å². The molecule has 1 aliphatic rings. The Morgan fingerprint density at radius 3 is 2.67 bits per heavy atom. The summed E-state index contributed by atoms with van der Waals surface area (Å²) in [5, 5.41) is 0. The molecule has 0 N–H and O–H groups in total. The van der Waals surface area contributed by atoms with Crippen molar-refractivity contribution in [2.75, 3.05) is 25.5 Å². The molecule has 1 saturated heterocycles.